The van der Waals surface area contributed by atoms with Gasteiger partial charge >= 0.3 is 0 Å². The number of hydrogen-bond acceptors (Lipinski definition) is 0. The van der Waals surface area contributed by atoms with Crippen LogP contribution in [-0.4, -0.2) is 0 Å². The van der Waals surface area contributed by atoms with Crippen LogP contribution in [0.25, 0.3) is 0 Å². The van der Waals surface area contributed by atoms with E-state index in [1.807, 2.05) is 39.8 Å². The monoisotopic (exact) mass is 210 g/mol. The summed E-state index contributed by atoms with van der Waals surface area (Å²) < 4.78 is 13.7. The molecule has 0 aromatic heterocycles. The van der Waals surface area contributed by atoms with Crippen molar-refractivity contribution in [2.45, 2.75) is 53.9 Å². The summed E-state index contributed by atoms with van der Waals surface area (Å²) in [6, 6.07) is 3.91. The highest BCUT2D eigenvalue weighted by Crippen LogP contribution is 2.19. The van der Waals surface area contributed by atoms with Gasteiger partial charge in [0.1, 0.15) is 5.82 Å². The zero-order valence-electron chi connectivity index (χ0n) is 10.7. The molecule has 0 aliphatic carbocycles. The lowest BCUT2D eigenvalue weighted by Gasteiger charge is -2.09. The van der Waals surface area contributed by atoms with Crippen molar-refractivity contribution in [3.63, 3.8) is 0 Å². The minimum atomic E-state index is 0.0179. The Kier molecular flexibility index (Phi) is 7.02. The quantitative estimate of drug-likeness (QED) is 0.679. The maximum Gasteiger partial charge on any atom is 0.129 e. The molecule has 0 bridgehead atoms. The maximum atomic E-state index is 13.7. The SMILES string of the molecule is CC.CCCc1c(C)ccc(CC)c1F. The van der Waals surface area contributed by atoms with Crippen molar-refractivity contribution >= 4 is 0 Å². The van der Waals surface area contributed by atoms with Gasteiger partial charge in [-0.05, 0) is 36.5 Å². The number of aryl methyl sites for hydroxylation is 2. The number of benzene rings is 1. The van der Waals surface area contributed by atoms with Crippen LogP contribution in [0.1, 0.15) is 50.8 Å². The van der Waals surface area contributed by atoms with Gasteiger partial charge in [0.05, 0.1) is 0 Å². The summed E-state index contributed by atoms with van der Waals surface area (Å²) in [6.45, 7) is 10.1. The van der Waals surface area contributed by atoms with Crippen LogP contribution < -0.4 is 0 Å². The molecule has 0 aliphatic rings. The second-order valence-corrected chi connectivity index (χ2v) is 3.44. The molecule has 1 aromatic carbocycles. The highest BCUT2D eigenvalue weighted by Gasteiger charge is 2.08. The second kappa shape index (κ2) is 7.44. The lowest BCUT2D eigenvalue weighted by atomic mass is 9.99. The fraction of sp³-hybridized carbons (Fsp3) is 0.571. The van der Waals surface area contributed by atoms with Gasteiger partial charge in [0.2, 0.25) is 0 Å². The van der Waals surface area contributed by atoms with Crippen LogP contribution in [0.5, 0.6) is 0 Å². The van der Waals surface area contributed by atoms with Gasteiger partial charge < -0.3 is 0 Å². The Balaban J connectivity index is 0.000000921. The van der Waals surface area contributed by atoms with Crippen molar-refractivity contribution in [3.05, 3.63) is 34.6 Å². The molecule has 0 N–H and O–H groups in total. The van der Waals surface area contributed by atoms with Gasteiger partial charge in [-0.15, -0.1) is 0 Å². The predicted octanol–water partition coefficient (Wildman–Crippen LogP) is 4.68. The summed E-state index contributed by atoms with van der Waals surface area (Å²) in [5, 5.41) is 0. The van der Waals surface area contributed by atoms with E-state index in [0.29, 0.717) is 0 Å². The highest BCUT2D eigenvalue weighted by atomic mass is 19.1. The van der Waals surface area contributed by atoms with Crippen molar-refractivity contribution in [1.82, 2.24) is 0 Å². The molecule has 1 rings (SSSR count). The molecule has 1 heteroatoms. The lowest BCUT2D eigenvalue weighted by molar-refractivity contribution is 0.590. The van der Waals surface area contributed by atoms with E-state index in [9.17, 15) is 4.39 Å². The first-order chi connectivity index (χ1) is 7.20. The average molecular weight is 210 g/mol. The van der Waals surface area contributed by atoms with Crippen LogP contribution in [0.3, 0.4) is 0 Å². The lowest BCUT2D eigenvalue weighted by Crippen LogP contribution is -1.98. The van der Waals surface area contributed by atoms with Crippen molar-refractivity contribution in [1.29, 1.82) is 0 Å². The van der Waals surface area contributed by atoms with Crippen LogP contribution in [0.15, 0.2) is 12.1 Å². The molecule has 0 saturated carbocycles. The molecular weight excluding hydrogens is 187 g/mol. The van der Waals surface area contributed by atoms with Crippen LogP contribution in [-0.2, 0) is 12.8 Å². The minimum absolute atomic E-state index is 0.0179. The molecule has 0 spiro atoms. The van der Waals surface area contributed by atoms with E-state index in [2.05, 4.69) is 6.92 Å². The summed E-state index contributed by atoms with van der Waals surface area (Å²) in [5.74, 6) is 0.0179. The first-order valence-corrected chi connectivity index (χ1v) is 5.97. The van der Waals surface area contributed by atoms with Gasteiger partial charge in [0.15, 0.2) is 0 Å². The fourth-order valence-corrected chi connectivity index (χ4v) is 1.60. The summed E-state index contributed by atoms with van der Waals surface area (Å²) >= 11 is 0. The van der Waals surface area contributed by atoms with Gasteiger partial charge in [0, 0.05) is 0 Å². The minimum Gasteiger partial charge on any atom is -0.206 e. The van der Waals surface area contributed by atoms with Crippen LogP contribution in [0.2, 0.25) is 0 Å². The Bertz CT molecular complexity index is 290. The standard InChI is InChI=1S/C12H17F.C2H6/c1-4-6-11-9(3)7-8-10(5-2)12(11)13;1-2/h7-8H,4-6H2,1-3H3;1-2H3. The molecule has 0 amide bonds. The molecule has 0 saturated heterocycles. The molecule has 0 fully saturated rings. The number of hydrogen-bond donors (Lipinski definition) is 0. The first-order valence-electron chi connectivity index (χ1n) is 5.97. The highest BCUT2D eigenvalue weighted by molar-refractivity contribution is 5.33. The third-order valence-electron chi connectivity index (χ3n) is 2.44. The van der Waals surface area contributed by atoms with Gasteiger partial charge in [-0.3, -0.25) is 0 Å². The van der Waals surface area contributed by atoms with Crippen molar-refractivity contribution < 1.29 is 4.39 Å². The van der Waals surface area contributed by atoms with Crippen LogP contribution in [0.4, 0.5) is 4.39 Å². The largest absolute Gasteiger partial charge is 0.206 e. The summed E-state index contributed by atoms with van der Waals surface area (Å²) in [5.41, 5.74) is 2.83. The molecule has 15 heavy (non-hydrogen) atoms. The maximum absolute atomic E-state index is 13.7. The van der Waals surface area contributed by atoms with E-state index >= 15 is 0 Å². The van der Waals surface area contributed by atoms with E-state index in [4.69, 9.17) is 0 Å². The topological polar surface area (TPSA) is 0 Å². The zero-order valence-corrected chi connectivity index (χ0v) is 10.7. The summed E-state index contributed by atoms with van der Waals surface area (Å²) in [4.78, 5) is 0. The Labute approximate surface area is 93.5 Å². The molecule has 0 aliphatic heterocycles. The Morgan fingerprint density at radius 1 is 1.13 bits per heavy atom. The molecule has 0 unspecified atom stereocenters. The molecule has 0 nitrogen and oxygen atoms in total. The third-order valence-corrected chi connectivity index (χ3v) is 2.44. The average Bonchev–Trinajstić information content (AvgIpc) is 2.27. The Hall–Kier alpha value is -0.850. The van der Waals surface area contributed by atoms with E-state index < -0.39 is 0 Å². The van der Waals surface area contributed by atoms with Crippen LogP contribution in [0, 0.1) is 12.7 Å². The first kappa shape index (κ1) is 14.2. The molecule has 1 aromatic rings. The normalized spacial score (nSPS) is 9.47. The van der Waals surface area contributed by atoms with E-state index in [-0.39, 0.29) is 5.82 Å². The zero-order chi connectivity index (χ0) is 11.8. The molecular formula is C14H23F. The smallest absolute Gasteiger partial charge is 0.129 e. The van der Waals surface area contributed by atoms with Gasteiger partial charge in [-0.25, -0.2) is 4.39 Å². The van der Waals surface area contributed by atoms with Crippen LogP contribution >= 0.6 is 0 Å². The van der Waals surface area contributed by atoms with Gasteiger partial charge in [-0.2, -0.15) is 0 Å². The number of halogens is 1. The summed E-state index contributed by atoms with van der Waals surface area (Å²) in [6.07, 6.45) is 2.64. The Morgan fingerprint density at radius 3 is 2.20 bits per heavy atom. The molecule has 0 atom stereocenters. The Morgan fingerprint density at radius 2 is 1.73 bits per heavy atom. The van der Waals surface area contributed by atoms with Crippen molar-refractivity contribution in [2.75, 3.05) is 0 Å². The molecule has 86 valence electrons. The van der Waals surface area contributed by atoms with E-state index in [1.165, 1.54) is 0 Å². The molecule has 0 radical (unpaired) electrons. The fourth-order valence-electron chi connectivity index (χ4n) is 1.60. The van der Waals surface area contributed by atoms with E-state index in [0.717, 1.165) is 36.0 Å². The third kappa shape index (κ3) is 3.65. The number of rotatable bonds is 3. The van der Waals surface area contributed by atoms with Gasteiger partial charge in [0.25, 0.3) is 0 Å². The molecule has 0 heterocycles. The summed E-state index contributed by atoms with van der Waals surface area (Å²) in [7, 11) is 0. The van der Waals surface area contributed by atoms with Crippen molar-refractivity contribution in [2.24, 2.45) is 0 Å². The second-order valence-electron chi connectivity index (χ2n) is 3.44. The van der Waals surface area contributed by atoms with E-state index in [1.54, 1.807) is 0 Å². The van der Waals surface area contributed by atoms with Crippen molar-refractivity contribution in [3.8, 4) is 0 Å². The predicted molar refractivity (Wildman–Crippen MR) is 65.9 cm³/mol. The van der Waals surface area contributed by atoms with Gasteiger partial charge in [-0.1, -0.05) is 46.2 Å².